The Morgan fingerprint density at radius 1 is 1.29 bits per heavy atom. The number of amides is 1. The van der Waals surface area contributed by atoms with Crippen LogP contribution in [-0.4, -0.2) is 41.5 Å². The molecule has 1 aromatic rings. The molecular formula is C16H24N2O3. The number of para-hydroxylation sites is 1. The normalized spacial score (nSPS) is 10.7. The summed E-state index contributed by atoms with van der Waals surface area (Å²) in [7, 11) is 0. The quantitative estimate of drug-likeness (QED) is 0.771. The zero-order valence-electron chi connectivity index (χ0n) is 13.0. The lowest BCUT2D eigenvalue weighted by atomic mass is 10.1. The lowest BCUT2D eigenvalue weighted by molar-refractivity contribution is -0.137. The Morgan fingerprint density at radius 2 is 2.00 bits per heavy atom. The molecule has 0 aliphatic carbocycles. The van der Waals surface area contributed by atoms with E-state index in [0.29, 0.717) is 13.1 Å². The fraction of sp³-hybridized carbons (Fsp3) is 0.500. The van der Waals surface area contributed by atoms with Crippen LogP contribution in [0.4, 0.5) is 5.69 Å². The van der Waals surface area contributed by atoms with Crippen LogP contribution in [0.5, 0.6) is 0 Å². The smallest absolute Gasteiger partial charge is 0.304 e. The van der Waals surface area contributed by atoms with E-state index in [4.69, 9.17) is 5.11 Å². The molecule has 0 saturated carbocycles. The van der Waals surface area contributed by atoms with Crippen LogP contribution < -0.4 is 5.32 Å². The summed E-state index contributed by atoms with van der Waals surface area (Å²) in [6.45, 7) is 7.18. The van der Waals surface area contributed by atoms with Gasteiger partial charge < -0.3 is 10.4 Å². The van der Waals surface area contributed by atoms with Crippen molar-refractivity contribution in [3.05, 3.63) is 29.3 Å². The van der Waals surface area contributed by atoms with Gasteiger partial charge in [0.1, 0.15) is 0 Å². The molecule has 116 valence electrons. The van der Waals surface area contributed by atoms with E-state index in [0.717, 1.165) is 23.2 Å². The van der Waals surface area contributed by atoms with Crippen molar-refractivity contribution in [2.45, 2.75) is 33.6 Å². The maximum Gasteiger partial charge on any atom is 0.304 e. The second-order valence-corrected chi connectivity index (χ2v) is 5.02. The maximum atomic E-state index is 12.1. The van der Waals surface area contributed by atoms with Crippen LogP contribution in [0.25, 0.3) is 0 Å². The third-order valence-corrected chi connectivity index (χ3v) is 3.46. The van der Waals surface area contributed by atoms with Crippen molar-refractivity contribution in [1.82, 2.24) is 4.90 Å². The Morgan fingerprint density at radius 3 is 2.57 bits per heavy atom. The van der Waals surface area contributed by atoms with Crippen molar-refractivity contribution in [2.24, 2.45) is 0 Å². The minimum Gasteiger partial charge on any atom is -0.481 e. The first-order valence-corrected chi connectivity index (χ1v) is 7.30. The lowest BCUT2D eigenvalue weighted by Crippen LogP contribution is -2.35. The predicted octanol–water partition coefficient (Wildman–Crippen LogP) is 2.29. The summed E-state index contributed by atoms with van der Waals surface area (Å²) in [4.78, 5) is 24.6. The molecule has 1 rings (SSSR count). The number of hydrogen-bond donors (Lipinski definition) is 2. The number of anilines is 1. The standard InChI is InChI=1S/C16H24N2O3/c1-4-13-8-6-7-12(3)16(13)17-14(19)11-18(5-2)10-9-15(20)21/h6-8H,4-5,9-11H2,1-3H3,(H,17,19)(H,20,21). The summed E-state index contributed by atoms with van der Waals surface area (Å²) < 4.78 is 0. The Balaban J connectivity index is 2.66. The van der Waals surface area contributed by atoms with Gasteiger partial charge in [-0.2, -0.15) is 0 Å². The fourth-order valence-electron chi connectivity index (χ4n) is 2.19. The summed E-state index contributed by atoms with van der Waals surface area (Å²) in [5.41, 5.74) is 3.02. The largest absolute Gasteiger partial charge is 0.481 e. The van der Waals surface area contributed by atoms with Crippen molar-refractivity contribution in [1.29, 1.82) is 0 Å². The van der Waals surface area contributed by atoms with Gasteiger partial charge in [-0.05, 0) is 31.0 Å². The first-order chi connectivity index (χ1) is 9.97. The highest BCUT2D eigenvalue weighted by Gasteiger charge is 2.13. The van der Waals surface area contributed by atoms with Crippen LogP contribution in [0.3, 0.4) is 0 Å². The van der Waals surface area contributed by atoms with Gasteiger partial charge in [0.25, 0.3) is 0 Å². The average Bonchev–Trinajstić information content (AvgIpc) is 2.45. The van der Waals surface area contributed by atoms with Crippen LogP contribution in [0, 0.1) is 6.92 Å². The third kappa shape index (κ3) is 5.55. The van der Waals surface area contributed by atoms with Crippen LogP contribution in [0.1, 0.15) is 31.4 Å². The van der Waals surface area contributed by atoms with Crippen LogP contribution in [0.15, 0.2) is 18.2 Å². The first-order valence-electron chi connectivity index (χ1n) is 7.30. The van der Waals surface area contributed by atoms with E-state index in [9.17, 15) is 9.59 Å². The number of benzene rings is 1. The first kappa shape index (κ1) is 17.2. The number of carboxylic acid groups (broad SMARTS) is 1. The number of aryl methyl sites for hydroxylation is 2. The molecule has 21 heavy (non-hydrogen) atoms. The Bertz CT molecular complexity index is 500. The zero-order valence-corrected chi connectivity index (χ0v) is 13.0. The van der Waals surface area contributed by atoms with E-state index in [1.54, 1.807) is 0 Å². The van der Waals surface area contributed by atoms with E-state index in [1.165, 1.54) is 0 Å². The summed E-state index contributed by atoms with van der Waals surface area (Å²) in [5.74, 6) is -0.952. The van der Waals surface area contributed by atoms with Crippen LogP contribution in [-0.2, 0) is 16.0 Å². The number of carboxylic acids is 1. The molecule has 0 aliphatic rings. The van der Waals surface area contributed by atoms with Crippen LogP contribution >= 0.6 is 0 Å². The Kier molecular flexibility index (Phi) is 6.88. The summed E-state index contributed by atoms with van der Waals surface area (Å²) in [6.07, 6.45) is 0.902. The highest BCUT2D eigenvalue weighted by Crippen LogP contribution is 2.20. The molecule has 0 radical (unpaired) electrons. The highest BCUT2D eigenvalue weighted by atomic mass is 16.4. The molecule has 5 heteroatoms. The van der Waals surface area contributed by atoms with E-state index >= 15 is 0 Å². The van der Waals surface area contributed by atoms with Gasteiger partial charge >= 0.3 is 5.97 Å². The molecule has 0 bridgehead atoms. The van der Waals surface area contributed by atoms with Gasteiger partial charge in [0.15, 0.2) is 0 Å². The number of nitrogens with one attached hydrogen (secondary N) is 1. The van der Waals surface area contributed by atoms with Gasteiger partial charge in [-0.1, -0.05) is 32.0 Å². The van der Waals surface area contributed by atoms with Crippen molar-refractivity contribution >= 4 is 17.6 Å². The maximum absolute atomic E-state index is 12.1. The highest BCUT2D eigenvalue weighted by molar-refractivity contribution is 5.93. The molecule has 0 aromatic heterocycles. The predicted molar refractivity (Wildman–Crippen MR) is 83.6 cm³/mol. The molecule has 0 saturated heterocycles. The van der Waals surface area contributed by atoms with E-state index in [1.807, 2.05) is 36.9 Å². The average molecular weight is 292 g/mol. The van der Waals surface area contributed by atoms with Crippen LogP contribution in [0.2, 0.25) is 0 Å². The molecule has 0 atom stereocenters. The number of likely N-dealkylation sites (N-methyl/N-ethyl adjacent to an activating group) is 1. The number of hydrogen-bond acceptors (Lipinski definition) is 3. The summed E-state index contributed by atoms with van der Waals surface area (Å²) >= 11 is 0. The molecule has 1 amide bonds. The SMILES string of the molecule is CCc1cccc(C)c1NC(=O)CN(CC)CCC(=O)O. The molecular weight excluding hydrogens is 268 g/mol. The summed E-state index contributed by atoms with van der Waals surface area (Å²) in [5, 5.41) is 11.7. The number of rotatable bonds is 8. The molecule has 0 heterocycles. The van der Waals surface area contributed by atoms with Crippen molar-refractivity contribution in [3.63, 3.8) is 0 Å². The van der Waals surface area contributed by atoms with Gasteiger partial charge in [-0.3, -0.25) is 14.5 Å². The molecule has 1 aromatic carbocycles. The molecule has 0 fully saturated rings. The minimum atomic E-state index is -0.846. The van der Waals surface area contributed by atoms with Gasteiger partial charge in [0, 0.05) is 12.2 Å². The van der Waals surface area contributed by atoms with Gasteiger partial charge in [-0.25, -0.2) is 0 Å². The molecule has 0 aliphatic heterocycles. The second kappa shape index (κ2) is 8.42. The van der Waals surface area contributed by atoms with Gasteiger partial charge in [0.2, 0.25) is 5.91 Å². The fourth-order valence-corrected chi connectivity index (χ4v) is 2.19. The summed E-state index contributed by atoms with van der Waals surface area (Å²) in [6, 6.07) is 5.95. The Labute approximate surface area is 126 Å². The van der Waals surface area contributed by atoms with Gasteiger partial charge in [0.05, 0.1) is 13.0 Å². The third-order valence-electron chi connectivity index (χ3n) is 3.46. The minimum absolute atomic E-state index is 0.0473. The van der Waals surface area contributed by atoms with Gasteiger partial charge in [-0.15, -0.1) is 0 Å². The topological polar surface area (TPSA) is 69.6 Å². The number of carbonyl (C=O) groups is 2. The van der Waals surface area contributed by atoms with Crippen molar-refractivity contribution < 1.29 is 14.7 Å². The lowest BCUT2D eigenvalue weighted by Gasteiger charge is -2.20. The number of aliphatic carboxylic acids is 1. The molecule has 5 nitrogen and oxygen atoms in total. The molecule has 2 N–H and O–H groups in total. The molecule has 0 spiro atoms. The van der Waals surface area contributed by atoms with E-state index < -0.39 is 5.97 Å². The Hall–Kier alpha value is -1.88. The zero-order chi connectivity index (χ0) is 15.8. The number of nitrogens with zero attached hydrogens (tertiary/aromatic N) is 1. The van der Waals surface area contributed by atoms with Crippen molar-refractivity contribution in [2.75, 3.05) is 25.0 Å². The second-order valence-electron chi connectivity index (χ2n) is 5.02. The number of carbonyl (C=O) groups excluding carboxylic acids is 1. The van der Waals surface area contributed by atoms with Crippen molar-refractivity contribution in [3.8, 4) is 0 Å². The van der Waals surface area contributed by atoms with E-state index in [2.05, 4.69) is 12.2 Å². The monoisotopic (exact) mass is 292 g/mol. The molecule has 0 unspecified atom stereocenters. The van der Waals surface area contributed by atoms with E-state index in [-0.39, 0.29) is 18.9 Å².